The lowest BCUT2D eigenvalue weighted by molar-refractivity contribution is -0.137. The van der Waals surface area contributed by atoms with Crippen LogP contribution in [0, 0.1) is 0 Å². The molecule has 1 aliphatic heterocycles. The molecule has 1 aromatic heterocycles. The van der Waals surface area contributed by atoms with Crippen LogP contribution in [0.1, 0.15) is 37.7 Å². The van der Waals surface area contributed by atoms with Gasteiger partial charge in [0, 0.05) is 57.3 Å². The van der Waals surface area contributed by atoms with Gasteiger partial charge in [0.1, 0.15) is 5.54 Å². The van der Waals surface area contributed by atoms with Gasteiger partial charge in [-0.2, -0.15) is 13.2 Å². The number of nitrogens with one attached hydrogen (secondary N) is 1. The minimum Gasteiger partial charge on any atom is -0.369 e. The van der Waals surface area contributed by atoms with Crippen LogP contribution in [0.15, 0.2) is 48.8 Å². The third-order valence-corrected chi connectivity index (χ3v) is 6.83. The van der Waals surface area contributed by atoms with Crippen LogP contribution >= 0.6 is 0 Å². The van der Waals surface area contributed by atoms with Gasteiger partial charge in [-0.3, -0.25) is 9.69 Å². The molecule has 0 radical (unpaired) electrons. The Labute approximate surface area is 187 Å². The summed E-state index contributed by atoms with van der Waals surface area (Å²) in [4.78, 5) is 17.4. The van der Waals surface area contributed by atoms with E-state index in [9.17, 15) is 18.0 Å². The third kappa shape index (κ3) is 4.95. The van der Waals surface area contributed by atoms with E-state index in [1.807, 2.05) is 29.4 Å². The minimum absolute atomic E-state index is 0.0935. The van der Waals surface area contributed by atoms with E-state index in [2.05, 4.69) is 14.8 Å². The van der Waals surface area contributed by atoms with Crippen LogP contribution in [-0.4, -0.2) is 54.6 Å². The van der Waals surface area contributed by atoms with E-state index in [1.54, 1.807) is 6.07 Å². The number of hydrogen-bond donors (Lipinski definition) is 1. The van der Waals surface area contributed by atoms with E-state index in [-0.39, 0.29) is 5.91 Å². The quantitative estimate of drug-likeness (QED) is 0.723. The average Bonchev–Trinajstić information content (AvgIpc) is 3.35. The number of aromatic nitrogens is 1. The Balaban J connectivity index is 1.27. The summed E-state index contributed by atoms with van der Waals surface area (Å²) in [7, 11) is 0. The molecule has 0 bridgehead atoms. The second kappa shape index (κ2) is 9.57. The zero-order chi connectivity index (χ0) is 22.6. The van der Waals surface area contributed by atoms with Crippen molar-refractivity contribution in [3.8, 4) is 0 Å². The summed E-state index contributed by atoms with van der Waals surface area (Å²) < 4.78 is 41.0. The first kappa shape index (κ1) is 22.7. The molecule has 8 heteroatoms. The molecule has 174 valence electrons. The monoisotopic (exact) mass is 448 g/mol. The lowest BCUT2D eigenvalue weighted by Crippen LogP contribution is -2.52. The summed E-state index contributed by atoms with van der Waals surface area (Å²) in [6.45, 7) is 4.17. The van der Waals surface area contributed by atoms with E-state index >= 15 is 0 Å². The fourth-order valence-corrected chi connectivity index (χ4v) is 4.96. The Morgan fingerprint density at radius 1 is 0.969 bits per heavy atom. The number of carbonyl (C=O) groups excluding carboxylic acids is 1. The van der Waals surface area contributed by atoms with Crippen molar-refractivity contribution in [2.24, 2.45) is 0 Å². The molecule has 2 fully saturated rings. The first-order valence-corrected chi connectivity index (χ1v) is 11.4. The minimum atomic E-state index is -4.33. The van der Waals surface area contributed by atoms with Gasteiger partial charge in [-0.1, -0.05) is 25.3 Å². The Hall–Kier alpha value is -2.48. The standard InChI is InChI=1S/C24H31F3N4O/c25-24(26,27)20-7-6-8-21(19-20)30-17-15-29(16-18-30)14-11-28-22(32)23(9-2-1-3-10-23)31-12-4-5-13-31/h4-8,12-13,19H,1-3,9-11,14-18H2,(H,28,32). The van der Waals surface area contributed by atoms with Crippen molar-refractivity contribution in [3.05, 3.63) is 54.4 Å². The predicted octanol–water partition coefficient (Wildman–Crippen LogP) is 4.10. The maximum atomic E-state index is 13.2. The van der Waals surface area contributed by atoms with Crippen molar-refractivity contribution >= 4 is 11.6 Å². The van der Waals surface area contributed by atoms with Crippen LogP contribution in [0.2, 0.25) is 0 Å². The molecule has 2 aromatic rings. The van der Waals surface area contributed by atoms with Crippen LogP contribution in [0.25, 0.3) is 0 Å². The number of rotatable bonds is 6. The van der Waals surface area contributed by atoms with Gasteiger partial charge < -0.3 is 14.8 Å². The van der Waals surface area contributed by atoms with Crippen molar-refractivity contribution in [1.82, 2.24) is 14.8 Å². The maximum absolute atomic E-state index is 13.2. The molecular weight excluding hydrogens is 417 g/mol. The Bertz CT molecular complexity index is 883. The molecule has 1 amide bonds. The van der Waals surface area contributed by atoms with E-state index < -0.39 is 17.3 Å². The first-order valence-electron chi connectivity index (χ1n) is 11.4. The van der Waals surface area contributed by atoms with Crippen LogP contribution in [-0.2, 0) is 16.5 Å². The number of alkyl halides is 3. The van der Waals surface area contributed by atoms with Gasteiger partial charge in [-0.05, 0) is 43.2 Å². The van der Waals surface area contributed by atoms with Crippen LogP contribution < -0.4 is 10.2 Å². The number of benzene rings is 1. The fraction of sp³-hybridized carbons (Fsp3) is 0.542. The number of halogens is 3. The van der Waals surface area contributed by atoms with Crippen molar-refractivity contribution in [3.63, 3.8) is 0 Å². The highest BCUT2D eigenvalue weighted by Gasteiger charge is 2.40. The zero-order valence-corrected chi connectivity index (χ0v) is 18.3. The molecule has 1 N–H and O–H groups in total. The summed E-state index contributed by atoms with van der Waals surface area (Å²) in [6, 6.07) is 9.46. The van der Waals surface area contributed by atoms with Gasteiger partial charge in [0.15, 0.2) is 0 Å². The van der Waals surface area contributed by atoms with E-state index in [4.69, 9.17) is 0 Å². The molecule has 2 heterocycles. The molecule has 0 spiro atoms. The number of amides is 1. The summed E-state index contributed by atoms with van der Waals surface area (Å²) in [5, 5.41) is 3.16. The summed E-state index contributed by atoms with van der Waals surface area (Å²) in [6.07, 6.45) is 4.66. The first-order chi connectivity index (χ1) is 15.4. The second-order valence-electron chi connectivity index (χ2n) is 8.82. The fourth-order valence-electron chi connectivity index (χ4n) is 4.96. The molecule has 0 unspecified atom stereocenters. The number of nitrogens with zero attached hydrogens (tertiary/aromatic N) is 3. The van der Waals surface area contributed by atoms with Crippen molar-refractivity contribution < 1.29 is 18.0 Å². The SMILES string of the molecule is O=C(NCCN1CCN(c2cccc(C(F)(F)F)c2)CC1)C1(n2cccc2)CCCCC1. The Kier molecular flexibility index (Phi) is 6.79. The Morgan fingerprint density at radius 2 is 1.66 bits per heavy atom. The normalized spacial score (nSPS) is 19.7. The second-order valence-corrected chi connectivity index (χ2v) is 8.82. The lowest BCUT2D eigenvalue weighted by atomic mass is 9.80. The molecule has 1 aliphatic carbocycles. The molecule has 1 saturated heterocycles. The average molecular weight is 449 g/mol. The smallest absolute Gasteiger partial charge is 0.369 e. The zero-order valence-electron chi connectivity index (χ0n) is 18.3. The summed E-state index contributed by atoms with van der Waals surface area (Å²) in [5.74, 6) is 0.0935. The van der Waals surface area contributed by atoms with Gasteiger partial charge in [0.2, 0.25) is 5.91 Å². The molecule has 1 aromatic carbocycles. The maximum Gasteiger partial charge on any atom is 0.416 e. The largest absolute Gasteiger partial charge is 0.416 e. The topological polar surface area (TPSA) is 40.5 Å². The molecule has 4 rings (SSSR count). The van der Waals surface area contributed by atoms with Crippen LogP contribution in [0.3, 0.4) is 0 Å². The highest BCUT2D eigenvalue weighted by atomic mass is 19.4. The molecule has 0 atom stereocenters. The van der Waals surface area contributed by atoms with Crippen LogP contribution in [0.4, 0.5) is 18.9 Å². The van der Waals surface area contributed by atoms with Gasteiger partial charge in [-0.15, -0.1) is 0 Å². The predicted molar refractivity (Wildman–Crippen MR) is 119 cm³/mol. The van der Waals surface area contributed by atoms with E-state index in [1.165, 1.54) is 18.6 Å². The molecule has 5 nitrogen and oxygen atoms in total. The summed E-state index contributed by atoms with van der Waals surface area (Å²) >= 11 is 0. The van der Waals surface area contributed by atoms with Crippen molar-refractivity contribution in [1.29, 1.82) is 0 Å². The van der Waals surface area contributed by atoms with Gasteiger partial charge in [0.05, 0.1) is 5.56 Å². The van der Waals surface area contributed by atoms with Gasteiger partial charge >= 0.3 is 6.18 Å². The number of carbonyl (C=O) groups is 1. The third-order valence-electron chi connectivity index (χ3n) is 6.83. The van der Waals surface area contributed by atoms with Gasteiger partial charge in [0.25, 0.3) is 0 Å². The van der Waals surface area contributed by atoms with Gasteiger partial charge in [-0.25, -0.2) is 0 Å². The summed E-state index contributed by atoms with van der Waals surface area (Å²) in [5.41, 5.74) is -0.484. The number of hydrogen-bond acceptors (Lipinski definition) is 3. The van der Waals surface area contributed by atoms with Crippen LogP contribution in [0.5, 0.6) is 0 Å². The molecule has 1 saturated carbocycles. The molecule has 2 aliphatic rings. The highest BCUT2D eigenvalue weighted by molar-refractivity contribution is 5.84. The molecule has 32 heavy (non-hydrogen) atoms. The lowest BCUT2D eigenvalue weighted by Gasteiger charge is -2.38. The van der Waals surface area contributed by atoms with Crippen molar-refractivity contribution in [2.45, 2.75) is 43.8 Å². The molecular formula is C24H31F3N4O. The highest BCUT2D eigenvalue weighted by Crippen LogP contribution is 2.35. The number of piperazine rings is 1. The van der Waals surface area contributed by atoms with Crippen molar-refractivity contribution in [2.75, 3.05) is 44.2 Å². The number of anilines is 1. The Morgan fingerprint density at radius 3 is 2.31 bits per heavy atom. The van der Waals surface area contributed by atoms with E-state index in [0.717, 1.165) is 51.4 Å². The van der Waals surface area contributed by atoms with E-state index in [0.29, 0.717) is 25.3 Å².